The fourth-order valence-electron chi connectivity index (χ4n) is 4.91. The summed E-state index contributed by atoms with van der Waals surface area (Å²) in [6, 6.07) is 16.6. The van der Waals surface area contributed by atoms with E-state index in [1.165, 1.54) is 19.2 Å². The molecule has 2 heterocycles. The third-order valence-electron chi connectivity index (χ3n) is 7.32. The third-order valence-corrected chi connectivity index (χ3v) is 7.32. The molecule has 3 aromatic carbocycles. The van der Waals surface area contributed by atoms with Crippen molar-refractivity contribution < 1.29 is 28.9 Å². The van der Waals surface area contributed by atoms with Gasteiger partial charge in [0.1, 0.15) is 29.5 Å². The zero-order chi connectivity index (χ0) is 27.9. The Balaban J connectivity index is 1.45. The first-order valence-corrected chi connectivity index (χ1v) is 12.7. The van der Waals surface area contributed by atoms with Gasteiger partial charge in [0.2, 0.25) is 0 Å². The van der Waals surface area contributed by atoms with Gasteiger partial charge in [-0.3, -0.25) is 4.79 Å². The zero-order valence-electron chi connectivity index (χ0n) is 22.1. The molecule has 4 aromatic rings. The Kier molecular flexibility index (Phi) is 6.88. The van der Waals surface area contributed by atoms with E-state index < -0.39 is 11.1 Å². The number of rotatable bonds is 8. The molecule has 8 heteroatoms. The number of carbonyl (C=O) groups is 1. The fourth-order valence-corrected chi connectivity index (χ4v) is 4.91. The maximum Gasteiger partial charge on any atom is 0.163 e. The van der Waals surface area contributed by atoms with Gasteiger partial charge >= 0.3 is 0 Å². The Hall–Kier alpha value is -3.85. The van der Waals surface area contributed by atoms with Gasteiger partial charge in [0, 0.05) is 28.5 Å². The molecule has 0 spiro atoms. The van der Waals surface area contributed by atoms with Crippen LogP contribution in [0.1, 0.15) is 53.9 Å². The van der Waals surface area contributed by atoms with Gasteiger partial charge in [-0.1, -0.05) is 12.1 Å². The van der Waals surface area contributed by atoms with Crippen molar-refractivity contribution >= 4 is 16.6 Å². The van der Waals surface area contributed by atoms with Crippen LogP contribution in [0.3, 0.4) is 0 Å². The minimum absolute atomic E-state index is 0.0530. The van der Waals surface area contributed by atoms with E-state index in [1.54, 1.807) is 43.3 Å². The molecule has 0 saturated heterocycles. The van der Waals surface area contributed by atoms with Crippen molar-refractivity contribution in [3.8, 4) is 22.8 Å². The number of hydrogen-bond acceptors (Lipinski definition) is 7. The molecule has 2 atom stereocenters. The average Bonchev–Trinajstić information content (AvgIpc) is 3.25. The number of ketones is 1. The summed E-state index contributed by atoms with van der Waals surface area (Å²) in [5.41, 5.74) is 7.57. The molecule has 0 unspecified atom stereocenters. The number of pyridine rings is 1. The van der Waals surface area contributed by atoms with Gasteiger partial charge in [0.15, 0.2) is 11.5 Å². The van der Waals surface area contributed by atoms with Crippen LogP contribution in [0.25, 0.3) is 22.0 Å². The summed E-state index contributed by atoms with van der Waals surface area (Å²) in [7, 11) is 1.53. The van der Waals surface area contributed by atoms with E-state index in [1.807, 2.05) is 19.1 Å². The summed E-state index contributed by atoms with van der Waals surface area (Å²) in [5.74, 6) is 0.508. The largest absolute Gasteiger partial charge is 0.496 e. The van der Waals surface area contributed by atoms with Crippen molar-refractivity contribution in [3.05, 3.63) is 88.9 Å². The highest BCUT2D eigenvalue weighted by Gasteiger charge is 2.38. The second-order valence-corrected chi connectivity index (χ2v) is 10.5. The quantitative estimate of drug-likeness (QED) is 0.275. The van der Waals surface area contributed by atoms with Crippen LogP contribution in [0.15, 0.2) is 60.7 Å². The SMILES string of the molecule is COc1cc(C(=O)CC[C@@](C)(O)c2cc3c(c(-c4ccc(F)cc4)n2)OC[C@@]3(C)N)cc2ccc(CO)cc12. The van der Waals surface area contributed by atoms with Gasteiger partial charge in [-0.25, -0.2) is 9.37 Å². The molecule has 0 fully saturated rings. The van der Waals surface area contributed by atoms with E-state index in [9.17, 15) is 19.4 Å². The number of ether oxygens (including phenoxy) is 2. The third kappa shape index (κ3) is 5.11. The lowest BCUT2D eigenvalue weighted by Crippen LogP contribution is -2.35. The monoisotopic (exact) mass is 530 g/mol. The summed E-state index contributed by atoms with van der Waals surface area (Å²) in [5, 5.41) is 22.6. The molecule has 1 aliphatic heterocycles. The molecular formula is C31H31FN2O5. The number of carbonyl (C=O) groups excluding carboxylic acids is 1. The maximum atomic E-state index is 13.6. The number of aliphatic hydroxyl groups excluding tert-OH is 1. The molecule has 0 radical (unpaired) electrons. The van der Waals surface area contributed by atoms with Crippen molar-refractivity contribution in [2.24, 2.45) is 5.73 Å². The standard InChI is InChI=1S/C31H31FN2O5/c1-30(33)17-39-29-24(30)15-27(34-28(29)19-6-8-22(32)9-7-19)31(2,37)11-10-25(36)21-13-20-5-4-18(16-35)12-23(20)26(14-21)38-3/h4-9,12-15,35,37H,10-11,16-17,33H2,1-3H3/t30-,31-/m1/s1. The number of nitrogens with two attached hydrogens (primary N) is 1. The highest BCUT2D eigenvalue weighted by Crippen LogP contribution is 2.44. The lowest BCUT2D eigenvalue weighted by Gasteiger charge is -2.25. The Bertz CT molecular complexity index is 1560. The Labute approximate surface area is 226 Å². The molecule has 39 heavy (non-hydrogen) atoms. The number of fused-ring (bicyclic) bond motifs is 2. The number of benzene rings is 3. The van der Waals surface area contributed by atoms with Crippen LogP contribution in [0.5, 0.6) is 11.5 Å². The molecule has 7 nitrogen and oxygen atoms in total. The number of Topliss-reactive ketones (excluding diaryl/α,β-unsaturated/α-hetero) is 1. The van der Waals surface area contributed by atoms with Crippen molar-refractivity contribution in [2.45, 2.75) is 44.4 Å². The smallest absolute Gasteiger partial charge is 0.163 e. The number of hydrogen-bond donors (Lipinski definition) is 3. The first kappa shape index (κ1) is 26.7. The number of halogens is 1. The molecule has 202 valence electrons. The van der Waals surface area contributed by atoms with E-state index in [0.717, 1.165) is 16.3 Å². The first-order chi connectivity index (χ1) is 18.5. The van der Waals surface area contributed by atoms with Crippen molar-refractivity contribution in [1.82, 2.24) is 4.98 Å². The summed E-state index contributed by atoms with van der Waals surface area (Å²) in [6.07, 6.45) is 0.157. The minimum Gasteiger partial charge on any atom is -0.496 e. The van der Waals surface area contributed by atoms with Crippen LogP contribution in [-0.2, 0) is 17.7 Å². The predicted molar refractivity (Wildman–Crippen MR) is 146 cm³/mol. The predicted octanol–water partition coefficient (Wildman–Crippen LogP) is 4.98. The van der Waals surface area contributed by atoms with Gasteiger partial charge in [0.25, 0.3) is 0 Å². The number of aromatic nitrogens is 1. The van der Waals surface area contributed by atoms with Crippen LogP contribution in [0.2, 0.25) is 0 Å². The van der Waals surface area contributed by atoms with E-state index in [2.05, 4.69) is 0 Å². The molecular weight excluding hydrogens is 499 g/mol. The van der Waals surface area contributed by atoms with Crippen LogP contribution in [0.4, 0.5) is 4.39 Å². The molecule has 4 N–H and O–H groups in total. The average molecular weight is 531 g/mol. The highest BCUT2D eigenvalue weighted by molar-refractivity contribution is 6.02. The Morgan fingerprint density at radius 3 is 2.62 bits per heavy atom. The number of methoxy groups -OCH3 is 1. The van der Waals surface area contributed by atoms with Crippen LogP contribution in [0, 0.1) is 5.82 Å². The summed E-state index contributed by atoms with van der Waals surface area (Å²) < 4.78 is 25.0. The van der Waals surface area contributed by atoms with Gasteiger partial charge in [-0.15, -0.1) is 0 Å². The summed E-state index contributed by atoms with van der Waals surface area (Å²) in [4.78, 5) is 18.0. The molecule has 0 aliphatic carbocycles. The Morgan fingerprint density at radius 1 is 1.18 bits per heavy atom. The van der Waals surface area contributed by atoms with Gasteiger partial charge in [-0.2, -0.15) is 0 Å². The van der Waals surface area contributed by atoms with E-state index >= 15 is 0 Å². The van der Waals surface area contributed by atoms with E-state index in [-0.39, 0.29) is 37.7 Å². The number of nitrogens with zero attached hydrogens (tertiary/aromatic N) is 1. The Morgan fingerprint density at radius 2 is 1.92 bits per heavy atom. The highest BCUT2D eigenvalue weighted by atomic mass is 19.1. The molecule has 5 rings (SSSR count). The fraction of sp³-hybridized carbons (Fsp3) is 0.290. The molecule has 1 aliphatic rings. The topological polar surface area (TPSA) is 115 Å². The first-order valence-electron chi connectivity index (χ1n) is 12.7. The lowest BCUT2D eigenvalue weighted by atomic mass is 9.87. The normalized spacial score (nSPS) is 17.9. The summed E-state index contributed by atoms with van der Waals surface area (Å²) >= 11 is 0. The van der Waals surface area contributed by atoms with Crippen LogP contribution >= 0.6 is 0 Å². The van der Waals surface area contributed by atoms with Crippen molar-refractivity contribution in [1.29, 1.82) is 0 Å². The van der Waals surface area contributed by atoms with Crippen LogP contribution in [-0.4, -0.2) is 34.7 Å². The molecule has 0 saturated carbocycles. The lowest BCUT2D eigenvalue weighted by molar-refractivity contribution is 0.0396. The molecule has 0 bridgehead atoms. The summed E-state index contributed by atoms with van der Waals surface area (Å²) in [6.45, 7) is 3.60. The van der Waals surface area contributed by atoms with Gasteiger partial charge in [-0.05, 0) is 79.7 Å². The molecule has 0 amide bonds. The maximum absolute atomic E-state index is 13.6. The molecule has 1 aromatic heterocycles. The minimum atomic E-state index is -1.46. The van der Waals surface area contributed by atoms with Crippen LogP contribution < -0.4 is 15.2 Å². The second kappa shape index (κ2) is 10.0. The van der Waals surface area contributed by atoms with E-state index in [0.29, 0.717) is 39.6 Å². The zero-order valence-corrected chi connectivity index (χ0v) is 22.1. The van der Waals surface area contributed by atoms with E-state index in [4.69, 9.17) is 20.2 Å². The van der Waals surface area contributed by atoms with Crippen molar-refractivity contribution in [2.75, 3.05) is 13.7 Å². The van der Waals surface area contributed by atoms with Crippen molar-refractivity contribution in [3.63, 3.8) is 0 Å². The second-order valence-electron chi connectivity index (χ2n) is 10.5. The van der Waals surface area contributed by atoms with Gasteiger partial charge < -0.3 is 25.4 Å². The number of aliphatic hydroxyl groups is 2. The van der Waals surface area contributed by atoms with Gasteiger partial charge in [0.05, 0.1) is 24.9 Å².